The smallest absolute Gasteiger partial charge is 0.393 e. The molecule has 1 aliphatic rings. The van der Waals surface area contributed by atoms with Gasteiger partial charge in [0.1, 0.15) is 5.75 Å². The van der Waals surface area contributed by atoms with Gasteiger partial charge in [-0.3, -0.25) is 0 Å². The van der Waals surface area contributed by atoms with Crippen LogP contribution in [0.15, 0.2) is 12.1 Å². The molecule has 118 valence electrons. The van der Waals surface area contributed by atoms with Crippen molar-refractivity contribution in [2.75, 3.05) is 12.4 Å². The Labute approximate surface area is 123 Å². The summed E-state index contributed by atoms with van der Waals surface area (Å²) in [4.78, 5) is 0. The number of hydrogen-bond donors (Lipinski definition) is 1. The van der Waals surface area contributed by atoms with E-state index in [9.17, 15) is 13.2 Å². The molecule has 1 aliphatic carbocycles. The van der Waals surface area contributed by atoms with E-state index in [-0.39, 0.29) is 6.42 Å². The van der Waals surface area contributed by atoms with Gasteiger partial charge in [0.25, 0.3) is 0 Å². The number of halogens is 3. The van der Waals surface area contributed by atoms with Crippen molar-refractivity contribution in [1.82, 2.24) is 0 Å². The molecule has 2 rings (SSSR count). The quantitative estimate of drug-likeness (QED) is 0.862. The maximum atomic E-state index is 13.1. The highest BCUT2D eigenvalue weighted by molar-refractivity contribution is 5.60. The third kappa shape index (κ3) is 3.44. The largest absolute Gasteiger partial charge is 0.496 e. The fraction of sp³-hybridized carbons (Fsp3) is 0.625. The predicted molar refractivity (Wildman–Crippen MR) is 77.9 cm³/mol. The molecule has 21 heavy (non-hydrogen) atoms. The average Bonchev–Trinajstić information content (AvgIpc) is 2.42. The molecular weight excluding hydrogens is 279 g/mol. The molecule has 2 nitrogen and oxygen atoms in total. The molecule has 0 aromatic heterocycles. The summed E-state index contributed by atoms with van der Waals surface area (Å²) in [6.45, 7) is 3.80. The molecule has 0 spiro atoms. The van der Waals surface area contributed by atoms with Crippen molar-refractivity contribution in [3.63, 3.8) is 0 Å². The lowest BCUT2D eigenvalue weighted by atomic mass is 9.83. The van der Waals surface area contributed by atoms with Crippen LogP contribution < -0.4 is 10.1 Å². The molecule has 0 bridgehead atoms. The second-order valence-electron chi connectivity index (χ2n) is 5.77. The van der Waals surface area contributed by atoms with Gasteiger partial charge in [0, 0.05) is 17.3 Å². The Balaban J connectivity index is 2.24. The van der Waals surface area contributed by atoms with Crippen molar-refractivity contribution in [3.8, 4) is 5.75 Å². The summed E-state index contributed by atoms with van der Waals surface area (Å²) in [5.41, 5.74) is 2.58. The van der Waals surface area contributed by atoms with Crippen LogP contribution in [-0.4, -0.2) is 19.3 Å². The van der Waals surface area contributed by atoms with E-state index in [1.807, 2.05) is 26.0 Å². The van der Waals surface area contributed by atoms with Gasteiger partial charge < -0.3 is 10.1 Å². The number of nitrogens with one attached hydrogen (secondary N) is 1. The predicted octanol–water partition coefficient (Wildman–Crippen LogP) is 4.85. The number of benzene rings is 1. The van der Waals surface area contributed by atoms with E-state index in [0.717, 1.165) is 29.0 Å². The minimum absolute atomic E-state index is 0.212. The van der Waals surface area contributed by atoms with Crippen molar-refractivity contribution in [1.29, 1.82) is 0 Å². The summed E-state index contributed by atoms with van der Waals surface area (Å²) < 4.78 is 44.8. The molecule has 0 aliphatic heterocycles. The molecular formula is C16H22F3NO. The zero-order chi connectivity index (χ0) is 15.6. The number of alkyl halides is 3. The van der Waals surface area contributed by atoms with E-state index in [2.05, 4.69) is 5.32 Å². The molecule has 0 radical (unpaired) electrons. The Kier molecular flexibility index (Phi) is 4.69. The molecule has 1 aromatic carbocycles. The van der Waals surface area contributed by atoms with Gasteiger partial charge in [-0.1, -0.05) is 18.9 Å². The highest BCUT2D eigenvalue weighted by atomic mass is 19.4. The minimum atomic E-state index is -4.14. The SMILES string of the molecule is COc1c(C)ccc(NC2CCCCC2C(F)(F)F)c1C. The molecule has 1 N–H and O–H groups in total. The van der Waals surface area contributed by atoms with Crippen LogP contribution in [0, 0.1) is 19.8 Å². The molecule has 5 heteroatoms. The van der Waals surface area contributed by atoms with Gasteiger partial charge in [0.2, 0.25) is 0 Å². The first kappa shape index (κ1) is 16.0. The molecule has 2 atom stereocenters. The average molecular weight is 301 g/mol. The Hall–Kier alpha value is -1.39. The Morgan fingerprint density at radius 1 is 1.14 bits per heavy atom. The number of hydrogen-bond acceptors (Lipinski definition) is 2. The van der Waals surface area contributed by atoms with Crippen molar-refractivity contribution in [2.45, 2.75) is 51.7 Å². The van der Waals surface area contributed by atoms with Gasteiger partial charge >= 0.3 is 6.18 Å². The lowest BCUT2D eigenvalue weighted by Crippen LogP contribution is -2.41. The maximum Gasteiger partial charge on any atom is 0.393 e. The van der Waals surface area contributed by atoms with Gasteiger partial charge in [-0.2, -0.15) is 13.2 Å². The van der Waals surface area contributed by atoms with Crippen LogP contribution in [0.5, 0.6) is 5.75 Å². The van der Waals surface area contributed by atoms with Crippen molar-refractivity contribution >= 4 is 5.69 Å². The molecule has 2 unspecified atom stereocenters. The Bertz CT molecular complexity index is 499. The van der Waals surface area contributed by atoms with E-state index in [4.69, 9.17) is 4.74 Å². The van der Waals surface area contributed by atoms with Crippen molar-refractivity contribution in [2.24, 2.45) is 5.92 Å². The minimum Gasteiger partial charge on any atom is -0.496 e. The fourth-order valence-electron chi connectivity index (χ4n) is 3.19. The second-order valence-corrected chi connectivity index (χ2v) is 5.77. The molecule has 1 fully saturated rings. The van der Waals surface area contributed by atoms with E-state index >= 15 is 0 Å². The number of methoxy groups -OCH3 is 1. The lowest BCUT2D eigenvalue weighted by Gasteiger charge is -2.34. The number of rotatable bonds is 3. The molecule has 0 amide bonds. The van der Waals surface area contributed by atoms with Gasteiger partial charge in [-0.05, 0) is 38.3 Å². The second kappa shape index (κ2) is 6.16. The number of aryl methyl sites for hydroxylation is 1. The Morgan fingerprint density at radius 2 is 1.81 bits per heavy atom. The highest BCUT2D eigenvalue weighted by Gasteiger charge is 2.45. The van der Waals surface area contributed by atoms with E-state index < -0.39 is 18.1 Å². The van der Waals surface area contributed by atoms with Crippen LogP contribution in [-0.2, 0) is 0 Å². The van der Waals surface area contributed by atoms with Crippen LogP contribution in [0.2, 0.25) is 0 Å². The topological polar surface area (TPSA) is 21.3 Å². The summed E-state index contributed by atoms with van der Waals surface area (Å²) in [6.07, 6.45) is -1.88. The first-order valence-corrected chi connectivity index (χ1v) is 7.32. The summed E-state index contributed by atoms with van der Waals surface area (Å²) >= 11 is 0. The third-order valence-corrected chi connectivity index (χ3v) is 4.33. The summed E-state index contributed by atoms with van der Waals surface area (Å²) in [6, 6.07) is 3.17. The summed E-state index contributed by atoms with van der Waals surface area (Å²) in [5.74, 6) is -0.530. The van der Waals surface area contributed by atoms with Crippen LogP contribution >= 0.6 is 0 Å². The van der Waals surface area contributed by atoms with Gasteiger partial charge in [0.05, 0.1) is 13.0 Å². The zero-order valence-corrected chi connectivity index (χ0v) is 12.7. The van der Waals surface area contributed by atoms with Crippen molar-refractivity contribution in [3.05, 3.63) is 23.3 Å². The monoisotopic (exact) mass is 301 g/mol. The normalized spacial score (nSPS) is 23.0. The lowest BCUT2D eigenvalue weighted by molar-refractivity contribution is -0.184. The van der Waals surface area contributed by atoms with E-state index in [1.54, 1.807) is 7.11 Å². The van der Waals surface area contributed by atoms with Crippen LogP contribution in [0.4, 0.5) is 18.9 Å². The highest BCUT2D eigenvalue weighted by Crippen LogP contribution is 2.40. The summed E-state index contributed by atoms with van der Waals surface area (Å²) in [7, 11) is 1.58. The van der Waals surface area contributed by atoms with Crippen molar-refractivity contribution < 1.29 is 17.9 Å². The van der Waals surface area contributed by atoms with E-state index in [1.165, 1.54) is 0 Å². The summed E-state index contributed by atoms with van der Waals surface area (Å²) in [5, 5.41) is 3.11. The maximum absolute atomic E-state index is 13.1. The molecule has 1 saturated carbocycles. The van der Waals surface area contributed by atoms with Gasteiger partial charge in [-0.25, -0.2) is 0 Å². The number of anilines is 1. The van der Waals surface area contributed by atoms with E-state index in [0.29, 0.717) is 12.8 Å². The Morgan fingerprint density at radius 3 is 2.43 bits per heavy atom. The first-order chi connectivity index (χ1) is 9.84. The first-order valence-electron chi connectivity index (χ1n) is 7.32. The van der Waals surface area contributed by atoms with Crippen LogP contribution in [0.1, 0.15) is 36.8 Å². The van der Waals surface area contributed by atoms with Gasteiger partial charge in [0.15, 0.2) is 0 Å². The van der Waals surface area contributed by atoms with Crippen LogP contribution in [0.3, 0.4) is 0 Å². The fourth-order valence-corrected chi connectivity index (χ4v) is 3.19. The van der Waals surface area contributed by atoms with Gasteiger partial charge in [-0.15, -0.1) is 0 Å². The standard InChI is InChI=1S/C16H22F3NO/c1-10-8-9-13(11(2)15(10)21-3)20-14-7-5-4-6-12(14)16(17,18)19/h8-9,12,14,20H,4-7H2,1-3H3. The molecule has 0 heterocycles. The van der Waals surface area contributed by atoms with Crippen LogP contribution in [0.25, 0.3) is 0 Å². The zero-order valence-electron chi connectivity index (χ0n) is 12.7. The molecule has 1 aromatic rings. The molecule has 0 saturated heterocycles. The number of ether oxygens (including phenoxy) is 1. The third-order valence-electron chi connectivity index (χ3n) is 4.33.